The molecule has 0 aromatic heterocycles. The van der Waals surface area contributed by atoms with Crippen LogP contribution in [-0.2, 0) is 4.74 Å². The Morgan fingerprint density at radius 1 is 1.10 bits per heavy atom. The highest BCUT2D eigenvalue weighted by atomic mass is 16.6. The van der Waals surface area contributed by atoms with E-state index in [0.717, 1.165) is 26.1 Å². The summed E-state index contributed by atoms with van der Waals surface area (Å²) in [6, 6.07) is 0. The number of alkyl carbamates (subject to hydrolysis) is 1. The van der Waals surface area contributed by atoms with Crippen LogP contribution in [0.25, 0.3) is 0 Å². The van der Waals surface area contributed by atoms with Crippen molar-refractivity contribution in [2.45, 2.75) is 32.8 Å². The number of likely N-dealkylation sites (N-methyl/N-ethyl adjacent to an activating group) is 1. The smallest absolute Gasteiger partial charge is 0.407 e. The Morgan fingerprint density at radius 3 is 2.38 bits per heavy atom. The molecule has 0 bridgehead atoms. The lowest BCUT2D eigenvalue weighted by atomic mass is 10.2. The molecule has 2 N–H and O–H groups in total. The molecule has 1 rings (SSSR count). The standard InChI is InChI=1S/C15H32N4O2/c1-15(2,3)21-14(20)17-7-5-6-16-8-9-19-12-10-18(4)11-13-19/h16H,5-13H2,1-4H3,(H,17,20). The van der Waals surface area contributed by atoms with Crippen molar-refractivity contribution >= 4 is 6.09 Å². The van der Waals surface area contributed by atoms with Gasteiger partial charge in [0.05, 0.1) is 0 Å². The van der Waals surface area contributed by atoms with Gasteiger partial charge in [-0.2, -0.15) is 0 Å². The zero-order chi connectivity index (χ0) is 15.7. The van der Waals surface area contributed by atoms with Crippen molar-refractivity contribution in [2.24, 2.45) is 0 Å². The predicted molar refractivity (Wildman–Crippen MR) is 85.7 cm³/mol. The highest BCUT2D eigenvalue weighted by molar-refractivity contribution is 5.67. The fraction of sp³-hybridized carbons (Fsp3) is 0.933. The first-order valence-corrected chi connectivity index (χ1v) is 7.95. The highest BCUT2D eigenvalue weighted by Gasteiger charge is 2.15. The molecule has 1 amide bonds. The van der Waals surface area contributed by atoms with Crippen LogP contribution in [0.4, 0.5) is 4.79 Å². The lowest BCUT2D eigenvalue weighted by molar-refractivity contribution is 0.0527. The average molecular weight is 300 g/mol. The molecule has 0 aromatic carbocycles. The van der Waals surface area contributed by atoms with Gasteiger partial charge in [0.15, 0.2) is 0 Å². The van der Waals surface area contributed by atoms with Gasteiger partial charge in [0, 0.05) is 45.8 Å². The van der Waals surface area contributed by atoms with E-state index < -0.39 is 5.60 Å². The molecule has 0 aliphatic carbocycles. The zero-order valence-electron chi connectivity index (χ0n) is 14.1. The summed E-state index contributed by atoms with van der Waals surface area (Å²) in [6.45, 7) is 13.9. The summed E-state index contributed by atoms with van der Waals surface area (Å²) in [4.78, 5) is 16.3. The Morgan fingerprint density at radius 2 is 1.76 bits per heavy atom. The first kappa shape index (κ1) is 18.2. The molecule has 0 atom stereocenters. The van der Waals surface area contributed by atoms with Crippen LogP contribution < -0.4 is 10.6 Å². The maximum absolute atomic E-state index is 11.4. The first-order chi connectivity index (χ1) is 9.87. The molecule has 1 aliphatic heterocycles. The molecule has 21 heavy (non-hydrogen) atoms. The summed E-state index contributed by atoms with van der Waals surface area (Å²) in [5, 5.41) is 6.19. The van der Waals surface area contributed by atoms with E-state index in [9.17, 15) is 4.79 Å². The fourth-order valence-electron chi connectivity index (χ4n) is 2.15. The number of ether oxygens (including phenoxy) is 1. The predicted octanol–water partition coefficient (Wildman–Crippen LogP) is 0.738. The van der Waals surface area contributed by atoms with Gasteiger partial charge in [0.25, 0.3) is 0 Å². The Labute approximate surface area is 129 Å². The molecular formula is C15H32N4O2. The number of carbonyl (C=O) groups is 1. The van der Waals surface area contributed by atoms with Gasteiger partial charge >= 0.3 is 6.09 Å². The summed E-state index contributed by atoms with van der Waals surface area (Å²) < 4.78 is 5.17. The quantitative estimate of drug-likeness (QED) is 0.679. The maximum atomic E-state index is 11.4. The minimum absolute atomic E-state index is 0.333. The number of piperazine rings is 1. The summed E-state index contributed by atoms with van der Waals surface area (Å²) in [5.41, 5.74) is -0.426. The largest absolute Gasteiger partial charge is 0.444 e. The molecule has 1 fully saturated rings. The van der Waals surface area contributed by atoms with E-state index in [1.165, 1.54) is 26.2 Å². The van der Waals surface area contributed by atoms with Crippen molar-refractivity contribution < 1.29 is 9.53 Å². The van der Waals surface area contributed by atoms with Crippen molar-refractivity contribution in [2.75, 3.05) is 59.4 Å². The minimum Gasteiger partial charge on any atom is -0.444 e. The number of nitrogens with one attached hydrogen (secondary N) is 2. The third-order valence-electron chi connectivity index (χ3n) is 3.40. The summed E-state index contributed by atoms with van der Waals surface area (Å²) in [5.74, 6) is 0. The van der Waals surface area contributed by atoms with Crippen LogP contribution in [0.1, 0.15) is 27.2 Å². The Hall–Kier alpha value is -0.850. The Bertz CT molecular complexity index is 297. The van der Waals surface area contributed by atoms with E-state index >= 15 is 0 Å². The average Bonchev–Trinajstić information content (AvgIpc) is 2.37. The van der Waals surface area contributed by atoms with Crippen LogP contribution in [0.2, 0.25) is 0 Å². The van der Waals surface area contributed by atoms with Crippen molar-refractivity contribution in [3.63, 3.8) is 0 Å². The van der Waals surface area contributed by atoms with Crippen LogP contribution in [0.3, 0.4) is 0 Å². The van der Waals surface area contributed by atoms with E-state index in [-0.39, 0.29) is 6.09 Å². The number of hydrogen-bond acceptors (Lipinski definition) is 5. The lowest BCUT2D eigenvalue weighted by Gasteiger charge is -2.32. The molecule has 6 nitrogen and oxygen atoms in total. The highest BCUT2D eigenvalue weighted by Crippen LogP contribution is 2.06. The second kappa shape index (κ2) is 9.23. The van der Waals surface area contributed by atoms with Crippen LogP contribution in [0.15, 0.2) is 0 Å². The monoisotopic (exact) mass is 300 g/mol. The van der Waals surface area contributed by atoms with E-state index in [0.29, 0.717) is 6.54 Å². The molecule has 1 heterocycles. The number of hydrogen-bond donors (Lipinski definition) is 2. The van der Waals surface area contributed by atoms with Gasteiger partial charge in [-0.05, 0) is 40.8 Å². The van der Waals surface area contributed by atoms with E-state index in [2.05, 4.69) is 27.5 Å². The van der Waals surface area contributed by atoms with E-state index in [4.69, 9.17) is 4.74 Å². The molecule has 0 spiro atoms. The normalized spacial score (nSPS) is 17.7. The van der Waals surface area contributed by atoms with Gasteiger partial charge in [-0.25, -0.2) is 4.79 Å². The molecule has 0 saturated carbocycles. The lowest BCUT2D eigenvalue weighted by Crippen LogP contribution is -2.46. The number of carbonyl (C=O) groups excluding carboxylic acids is 1. The minimum atomic E-state index is -0.426. The number of rotatable bonds is 7. The van der Waals surface area contributed by atoms with Gasteiger partial charge in [-0.15, -0.1) is 0 Å². The van der Waals surface area contributed by atoms with E-state index in [1.54, 1.807) is 0 Å². The van der Waals surface area contributed by atoms with E-state index in [1.807, 2.05) is 20.8 Å². The van der Waals surface area contributed by atoms with Crippen LogP contribution in [-0.4, -0.2) is 80.9 Å². The van der Waals surface area contributed by atoms with Gasteiger partial charge < -0.3 is 20.3 Å². The van der Waals surface area contributed by atoms with Crippen LogP contribution >= 0.6 is 0 Å². The summed E-state index contributed by atoms with van der Waals surface area (Å²) >= 11 is 0. The molecule has 0 radical (unpaired) electrons. The van der Waals surface area contributed by atoms with Crippen molar-refractivity contribution in [1.82, 2.24) is 20.4 Å². The second-order valence-electron chi connectivity index (χ2n) is 6.68. The molecule has 1 aliphatic rings. The number of amides is 1. The Kier molecular flexibility index (Phi) is 8.00. The number of nitrogens with zero attached hydrogens (tertiary/aromatic N) is 2. The second-order valence-corrected chi connectivity index (χ2v) is 6.68. The van der Waals surface area contributed by atoms with Crippen LogP contribution in [0.5, 0.6) is 0 Å². The molecule has 1 saturated heterocycles. The first-order valence-electron chi connectivity index (χ1n) is 7.95. The van der Waals surface area contributed by atoms with Crippen molar-refractivity contribution in [3.8, 4) is 0 Å². The molecule has 0 unspecified atom stereocenters. The molecule has 0 aromatic rings. The van der Waals surface area contributed by atoms with Gasteiger partial charge in [-0.1, -0.05) is 0 Å². The zero-order valence-corrected chi connectivity index (χ0v) is 14.1. The molecular weight excluding hydrogens is 268 g/mol. The van der Waals surface area contributed by atoms with Crippen molar-refractivity contribution in [3.05, 3.63) is 0 Å². The third kappa shape index (κ3) is 9.66. The summed E-state index contributed by atoms with van der Waals surface area (Å²) in [6.07, 6.45) is 0.585. The van der Waals surface area contributed by atoms with Gasteiger partial charge in [0.1, 0.15) is 5.60 Å². The molecule has 6 heteroatoms. The molecule has 124 valence electrons. The fourth-order valence-corrected chi connectivity index (χ4v) is 2.15. The topological polar surface area (TPSA) is 56.8 Å². The van der Waals surface area contributed by atoms with Crippen molar-refractivity contribution in [1.29, 1.82) is 0 Å². The Balaban J connectivity index is 1.90. The third-order valence-corrected chi connectivity index (χ3v) is 3.40. The maximum Gasteiger partial charge on any atom is 0.407 e. The van der Waals surface area contributed by atoms with Gasteiger partial charge in [-0.3, -0.25) is 4.90 Å². The summed E-state index contributed by atoms with van der Waals surface area (Å²) in [7, 11) is 2.17. The van der Waals surface area contributed by atoms with Crippen LogP contribution in [0, 0.1) is 0 Å². The van der Waals surface area contributed by atoms with Gasteiger partial charge in [0.2, 0.25) is 0 Å². The SMILES string of the molecule is CN1CCN(CCNCCCNC(=O)OC(C)(C)C)CC1.